The lowest BCUT2D eigenvalue weighted by Crippen LogP contribution is -2.24. The molecule has 1 aromatic carbocycles. The molecule has 1 N–H and O–H groups in total. The van der Waals surface area contributed by atoms with E-state index in [2.05, 4.69) is 4.99 Å². The van der Waals surface area contributed by atoms with Gasteiger partial charge in [-0.3, -0.25) is 4.99 Å². The first-order valence-corrected chi connectivity index (χ1v) is 7.23. The minimum atomic E-state index is -0.653. The average molecular weight is 325 g/mol. The molecule has 0 aliphatic heterocycles. The summed E-state index contributed by atoms with van der Waals surface area (Å²) in [5, 5.41) is 8.58. The van der Waals surface area contributed by atoms with Crippen molar-refractivity contribution in [3.8, 4) is 11.5 Å². The number of esters is 1. The number of benzene rings is 1. The van der Waals surface area contributed by atoms with Crippen LogP contribution in [0.5, 0.6) is 11.5 Å². The molecular weight excluding hydrogens is 302 g/mol. The lowest BCUT2D eigenvalue weighted by Gasteiger charge is -2.12. The van der Waals surface area contributed by atoms with Crippen molar-refractivity contribution in [3.05, 3.63) is 23.8 Å². The van der Waals surface area contributed by atoms with E-state index in [1.54, 1.807) is 31.3 Å². The van der Waals surface area contributed by atoms with E-state index < -0.39 is 12.1 Å². The highest BCUT2D eigenvalue weighted by atomic mass is 16.6. The summed E-state index contributed by atoms with van der Waals surface area (Å²) < 4.78 is 20.5. The number of hydrogen-bond donors (Lipinski definition) is 1. The van der Waals surface area contributed by atoms with Gasteiger partial charge in [0.1, 0.15) is 0 Å². The summed E-state index contributed by atoms with van der Waals surface area (Å²) in [6, 6.07) is 5.13. The topological polar surface area (TPSA) is 86.6 Å². The Labute approximate surface area is 135 Å². The number of methoxy groups -OCH3 is 2. The SMILES string of the molecule is COc1cc(/C=N/CCOCCO)ccc1OC(=O)[C@H](C)OC. The monoisotopic (exact) mass is 325 g/mol. The van der Waals surface area contributed by atoms with Crippen LogP contribution < -0.4 is 9.47 Å². The maximum absolute atomic E-state index is 11.7. The van der Waals surface area contributed by atoms with E-state index in [9.17, 15) is 4.79 Å². The van der Waals surface area contributed by atoms with Crippen LogP contribution in [0.15, 0.2) is 23.2 Å². The van der Waals surface area contributed by atoms with Gasteiger partial charge in [0.2, 0.25) is 0 Å². The highest BCUT2D eigenvalue weighted by molar-refractivity contribution is 5.82. The molecule has 0 bridgehead atoms. The second-order valence-corrected chi connectivity index (χ2v) is 4.58. The Morgan fingerprint density at radius 3 is 2.74 bits per heavy atom. The molecule has 0 aliphatic carbocycles. The fourth-order valence-electron chi connectivity index (χ4n) is 1.59. The Kier molecular flexibility index (Phi) is 8.89. The van der Waals surface area contributed by atoms with Crippen LogP contribution in [-0.4, -0.2) is 64.0 Å². The summed E-state index contributed by atoms with van der Waals surface area (Å²) in [4.78, 5) is 15.9. The van der Waals surface area contributed by atoms with Crippen molar-refractivity contribution in [2.24, 2.45) is 4.99 Å². The first-order valence-electron chi connectivity index (χ1n) is 7.23. The molecule has 0 fully saturated rings. The standard InChI is InChI=1S/C16H23NO6/c1-12(20-2)16(19)23-14-5-4-13(10-15(14)21-3)11-17-6-8-22-9-7-18/h4-5,10-12,18H,6-9H2,1-3H3/b17-11+/t12-/m0/s1. The van der Waals surface area contributed by atoms with Gasteiger partial charge in [-0.1, -0.05) is 0 Å². The zero-order chi connectivity index (χ0) is 17.1. The van der Waals surface area contributed by atoms with Crippen LogP contribution in [0.4, 0.5) is 0 Å². The molecule has 0 unspecified atom stereocenters. The Bertz CT molecular complexity index is 517. The number of rotatable bonds is 10. The quantitative estimate of drug-likeness (QED) is 0.300. The highest BCUT2D eigenvalue weighted by Crippen LogP contribution is 2.28. The third kappa shape index (κ3) is 6.77. The van der Waals surface area contributed by atoms with Crippen LogP contribution >= 0.6 is 0 Å². The molecule has 0 aliphatic rings. The summed E-state index contributed by atoms with van der Waals surface area (Å²) in [5.74, 6) is 0.264. The van der Waals surface area contributed by atoms with E-state index in [4.69, 9.17) is 24.1 Å². The van der Waals surface area contributed by atoms with E-state index >= 15 is 0 Å². The van der Waals surface area contributed by atoms with Crippen molar-refractivity contribution in [3.63, 3.8) is 0 Å². The number of aliphatic hydroxyl groups is 1. The van der Waals surface area contributed by atoms with E-state index in [-0.39, 0.29) is 6.61 Å². The van der Waals surface area contributed by atoms with Crippen molar-refractivity contribution in [1.82, 2.24) is 0 Å². The molecule has 128 valence electrons. The lowest BCUT2D eigenvalue weighted by atomic mass is 10.2. The van der Waals surface area contributed by atoms with Crippen LogP contribution in [0.3, 0.4) is 0 Å². The van der Waals surface area contributed by atoms with Crippen molar-refractivity contribution >= 4 is 12.2 Å². The number of aliphatic hydroxyl groups excluding tert-OH is 1. The number of nitrogens with zero attached hydrogens (tertiary/aromatic N) is 1. The Balaban J connectivity index is 2.65. The fourth-order valence-corrected chi connectivity index (χ4v) is 1.59. The molecule has 0 saturated carbocycles. The van der Waals surface area contributed by atoms with Crippen LogP contribution in [0.25, 0.3) is 0 Å². The smallest absolute Gasteiger partial charge is 0.340 e. The largest absolute Gasteiger partial charge is 0.493 e. The number of carbonyl (C=O) groups is 1. The molecule has 0 radical (unpaired) electrons. The second-order valence-electron chi connectivity index (χ2n) is 4.58. The van der Waals surface area contributed by atoms with Gasteiger partial charge in [0.05, 0.1) is 33.5 Å². The predicted octanol–water partition coefficient (Wildman–Crippen LogP) is 1.06. The van der Waals surface area contributed by atoms with Gasteiger partial charge in [-0.2, -0.15) is 0 Å². The minimum absolute atomic E-state index is 0.00276. The van der Waals surface area contributed by atoms with Crippen LogP contribution in [0, 0.1) is 0 Å². The molecule has 0 aromatic heterocycles. The molecule has 0 heterocycles. The highest BCUT2D eigenvalue weighted by Gasteiger charge is 2.16. The number of hydrogen-bond acceptors (Lipinski definition) is 7. The van der Waals surface area contributed by atoms with E-state index in [0.717, 1.165) is 5.56 Å². The van der Waals surface area contributed by atoms with Gasteiger partial charge in [-0.25, -0.2) is 4.79 Å². The summed E-state index contributed by atoms with van der Waals surface area (Å²) in [6.45, 7) is 2.85. The van der Waals surface area contributed by atoms with Crippen LogP contribution in [0.2, 0.25) is 0 Å². The second kappa shape index (κ2) is 10.7. The molecular formula is C16H23NO6. The van der Waals surface area contributed by atoms with Crippen LogP contribution in [0.1, 0.15) is 12.5 Å². The third-order valence-corrected chi connectivity index (χ3v) is 2.92. The van der Waals surface area contributed by atoms with Crippen molar-refractivity contribution < 1.29 is 28.8 Å². The zero-order valence-corrected chi connectivity index (χ0v) is 13.7. The molecule has 0 spiro atoms. The van der Waals surface area contributed by atoms with E-state index in [1.165, 1.54) is 14.2 Å². The van der Waals surface area contributed by atoms with E-state index in [0.29, 0.717) is 31.3 Å². The van der Waals surface area contributed by atoms with Gasteiger partial charge in [-0.15, -0.1) is 0 Å². The zero-order valence-electron chi connectivity index (χ0n) is 13.7. The summed E-state index contributed by atoms with van der Waals surface area (Å²) in [7, 11) is 2.93. The van der Waals surface area contributed by atoms with Gasteiger partial charge in [0.15, 0.2) is 17.6 Å². The third-order valence-electron chi connectivity index (χ3n) is 2.92. The predicted molar refractivity (Wildman–Crippen MR) is 85.5 cm³/mol. The van der Waals surface area contributed by atoms with Crippen molar-refractivity contribution in [2.45, 2.75) is 13.0 Å². The normalized spacial score (nSPS) is 12.3. The first kappa shape index (κ1) is 19.1. The molecule has 7 heteroatoms. The summed E-state index contributed by atoms with van der Waals surface area (Å²) >= 11 is 0. The molecule has 1 atom stereocenters. The Morgan fingerprint density at radius 2 is 2.09 bits per heavy atom. The fraction of sp³-hybridized carbons (Fsp3) is 0.500. The maximum Gasteiger partial charge on any atom is 0.340 e. The van der Waals surface area contributed by atoms with Gasteiger partial charge in [-0.05, 0) is 30.7 Å². The number of aliphatic imine (C=N–C) groups is 1. The molecule has 23 heavy (non-hydrogen) atoms. The molecule has 7 nitrogen and oxygen atoms in total. The first-order chi connectivity index (χ1) is 11.1. The Hall–Kier alpha value is -1.96. The molecule has 1 rings (SSSR count). The van der Waals surface area contributed by atoms with Gasteiger partial charge >= 0.3 is 5.97 Å². The summed E-state index contributed by atoms with van der Waals surface area (Å²) in [5.41, 5.74) is 0.809. The average Bonchev–Trinajstić information content (AvgIpc) is 2.58. The number of ether oxygens (including phenoxy) is 4. The molecule has 1 aromatic rings. The van der Waals surface area contributed by atoms with E-state index in [1.807, 2.05) is 0 Å². The van der Waals surface area contributed by atoms with Crippen LogP contribution in [-0.2, 0) is 14.3 Å². The lowest BCUT2D eigenvalue weighted by molar-refractivity contribution is -0.144. The maximum atomic E-state index is 11.7. The Morgan fingerprint density at radius 1 is 1.30 bits per heavy atom. The van der Waals surface area contributed by atoms with Gasteiger partial charge < -0.3 is 24.1 Å². The number of carbonyl (C=O) groups excluding carboxylic acids is 1. The molecule has 0 amide bonds. The minimum Gasteiger partial charge on any atom is -0.493 e. The summed E-state index contributed by atoms with van der Waals surface area (Å²) in [6.07, 6.45) is 1.02. The van der Waals surface area contributed by atoms with Crippen molar-refractivity contribution in [2.75, 3.05) is 40.6 Å². The van der Waals surface area contributed by atoms with Gasteiger partial charge in [0, 0.05) is 13.3 Å². The molecule has 0 saturated heterocycles. The van der Waals surface area contributed by atoms with Gasteiger partial charge in [0.25, 0.3) is 0 Å². The van der Waals surface area contributed by atoms with Crippen molar-refractivity contribution in [1.29, 1.82) is 0 Å².